The van der Waals surface area contributed by atoms with Crippen LogP contribution in [0.25, 0.3) is 0 Å². The summed E-state index contributed by atoms with van der Waals surface area (Å²) in [5.41, 5.74) is 0.627. The summed E-state index contributed by atoms with van der Waals surface area (Å²) < 4.78 is 22.5. The van der Waals surface area contributed by atoms with E-state index in [0.29, 0.717) is 10.2 Å². The number of nitrogens with zero attached hydrogens (tertiary/aromatic N) is 1. The molecule has 0 amide bonds. The van der Waals surface area contributed by atoms with Crippen molar-refractivity contribution in [2.24, 2.45) is 0 Å². The second-order valence-electron chi connectivity index (χ2n) is 3.35. The van der Waals surface area contributed by atoms with E-state index in [0.717, 1.165) is 6.26 Å². The average molecular weight is 294 g/mol. The first-order chi connectivity index (χ1) is 6.88. The van der Waals surface area contributed by atoms with Gasteiger partial charge in [-0.15, -0.1) is 0 Å². The molecule has 15 heavy (non-hydrogen) atoms. The monoisotopic (exact) mass is 293 g/mol. The van der Waals surface area contributed by atoms with Crippen LogP contribution in [-0.4, -0.2) is 30.5 Å². The summed E-state index contributed by atoms with van der Waals surface area (Å²) in [6.45, 7) is 0. The van der Waals surface area contributed by atoms with E-state index in [9.17, 15) is 13.5 Å². The van der Waals surface area contributed by atoms with Crippen molar-refractivity contribution in [2.45, 2.75) is 12.5 Å². The lowest BCUT2D eigenvalue weighted by Crippen LogP contribution is -2.08. The fourth-order valence-electron chi connectivity index (χ4n) is 1.08. The summed E-state index contributed by atoms with van der Waals surface area (Å²) in [7, 11) is -3.03. The number of pyridine rings is 1. The maximum Gasteiger partial charge on any atom is 0.147 e. The van der Waals surface area contributed by atoms with Crippen LogP contribution in [-0.2, 0) is 9.84 Å². The van der Waals surface area contributed by atoms with Crippen molar-refractivity contribution in [3.05, 3.63) is 28.5 Å². The van der Waals surface area contributed by atoms with Gasteiger partial charge in [0.15, 0.2) is 0 Å². The third-order valence-corrected chi connectivity index (χ3v) is 3.34. The normalized spacial score (nSPS) is 13.8. The zero-order valence-corrected chi connectivity index (χ0v) is 10.6. The van der Waals surface area contributed by atoms with Crippen LogP contribution < -0.4 is 0 Å². The molecule has 1 aromatic heterocycles. The van der Waals surface area contributed by atoms with Gasteiger partial charge in [-0.25, -0.2) is 13.4 Å². The number of aromatic nitrogens is 1. The number of hydrogen-bond donors (Lipinski definition) is 1. The third-order valence-electron chi connectivity index (χ3n) is 1.90. The van der Waals surface area contributed by atoms with E-state index < -0.39 is 15.9 Å². The van der Waals surface area contributed by atoms with E-state index in [1.54, 1.807) is 12.1 Å². The molecule has 1 N–H and O–H groups in total. The van der Waals surface area contributed by atoms with E-state index >= 15 is 0 Å². The molecule has 0 aromatic carbocycles. The molecule has 6 heteroatoms. The molecule has 4 nitrogen and oxygen atoms in total. The Labute approximate surface area is 97.4 Å². The van der Waals surface area contributed by atoms with Crippen molar-refractivity contribution < 1.29 is 13.5 Å². The fourth-order valence-corrected chi connectivity index (χ4v) is 1.96. The minimum Gasteiger partial charge on any atom is -0.388 e. The van der Waals surface area contributed by atoms with Gasteiger partial charge in [0.1, 0.15) is 14.4 Å². The van der Waals surface area contributed by atoms with Gasteiger partial charge in [0.25, 0.3) is 0 Å². The molecular weight excluding hydrogens is 282 g/mol. The number of sulfone groups is 1. The molecule has 0 saturated heterocycles. The van der Waals surface area contributed by atoms with Crippen molar-refractivity contribution in [3.63, 3.8) is 0 Å². The second-order valence-corrected chi connectivity index (χ2v) is 6.42. The predicted molar refractivity (Wildman–Crippen MR) is 61.2 cm³/mol. The van der Waals surface area contributed by atoms with Gasteiger partial charge in [0, 0.05) is 12.5 Å². The first kappa shape index (κ1) is 12.6. The van der Waals surface area contributed by atoms with Gasteiger partial charge < -0.3 is 5.11 Å². The first-order valence-corrected chi connectivity index (χ1v) is 7.21. The molecule has 1 atom stereocenters. The Kier molecular flexibility index (Phi) is 4.24. The number of halogens is 1. The highest BCUT2D eigenvalue weighted by Gasteiger charge is 2.11. The fraction of sp³-hybridized carbons (Fsp3) is 0.444. The molecule has 0 aliphatic carbocycles. The molecular formula is C9H12BrNO3S. The van der Waals surface area contributed by atoms with E-state index in [2.05, 4.69) is 20.9 Å². The molecule has 84 valence electrons. The molecule has 0 aliphatic rings. The summed E-state index contributed by atoms with van der Waals surface area (Å²) >= 11 is 3.18. The van der Waals surface area contributed by atoms with Gasteiger partial charge in [-0.1, -0.05) is 6.07 Å². The Morgan fingerprint density at radius 3 is 2.67 bits per heavy atom. The zero-order chi connectivity index (χ0) is 11.5. The van der Waals surface area contributed by atoms with Gasteiger partial charge in [0.05, 0.1) is 11.9 Å². The van der Waals surface area contributed by atoms with Crippen molar-refractivity contribution in [3.8, 4) is 0 Å². The summed E-state index contributed by atoms with van der Waals surface area (Å²) in [5, 5.41) is 9.65. The third kappa shape index (κ3) is 4.72. The Morgan fingerprint density at radius 1 is 1.53 bits per heavy atom. The van der Waals surface area contributed by atoms with Crippen LogP contribution in [0.4, 0.5) is 0 Å². The zero-order valence-electron chi connectivity index (χ0n) is 8.22. The molecule has 0 bridgehead atoms. The molecule has 0 radical (unpaired) electrons. The van der Waals surface area contributed by atoms with E-state index in [4.69, 9.17) is 0 Å². The number of aliphatic hydroxyl groups is 1. The van der Waals surface area contributed by atoms with Crippen LogP contribution in [0.3, 0.4) is 0 Å². The standard InChI is InChI=1S/C9H12BrNO3S/c1-15(13,14)5-4-8(12)7-2-3-9(10)11-6-7/h2-3,6,8,12H,4-5H2,1H3. The molecule has 1 unspecified atom stereocenters. The summed E-state index contributed by atoms with van der Waals surface area (Å²) in [6, 6.07) is 3.42. The molecule has 1 heterocycles. The number of hydrogen-bond acceptors (Lipinski definition) is 4. The Hall–Kier alpha value is -0.460. The van der Waals surface area contributed by atoms with Gasteiger partial charge >= 0.3 is 0 Å². The average Bonchev–Trinajstić information content (AvgIpc) is 2.14. The highest BCUT2D eigenvalue weighted by atomic mass is 79.9. The molecule has 0 saturated carbocycles. The summed E-state index contributed by atoms with van der Waals surface area (Å²) in [5.74, 6) is -0.0236. The molecule has 0 fully saturated rings. The maximum atomic E-state index is 10.9. The van der Waals surface area contributed by atoms with Gasteiger partial charge in [-0.05, 0) is 34.0 Å². The van der Waals surface area contributed by atoms with E-state index in [-0.39, 0.29) is 12.2 Å². The van der Waals surface area contributed by atoms with Crippen LogP contribution in [0.2, 0.25) is 0 Å². The topological polar surface area (TPSA) is 67.3 Å². The Morgan fingerprint density at radius 2 is 2.20 bits per heavy atom. The lowest BCUT2D eigenvalue weighted by Gasteiger charge is -2.09. The quantitative estimate of drug-likeness (QED) is 0.850. The maximum absolute atomic E-state index is 10.9. The van der Waals surface area contributed by atoms with Crippen LogP contribution in [0.1, 0.15) is 18.1 Å². The number of aliphatic hydroxyl groups excluding tert-OH is 1. The van der Waals surface area contributed by atoms with Crippen molar-refractivity contribution in [2.75, 3.05) is 12.0 Å². The minimum absolute atomic E-state index is 0.0236. The smallest absolute Gasteiger partial charge is 0.147 e. The Balaban J connectivity index is 2.61. The van der Waals surface area contributed by atoms with Crippen molar-refractivity contribution >= 4 is 25.8 Å². The highest BCUT2D eigenvalue weighted by Crippen LogP contribution is 2.17. The Bertz CT molecular complexity index is 415. The van der Waals surface area contributed by atoms with Crippen molar-refractivity contribution in [1.82, 2.24) is 4.98 Å². The van der Waals surface area contributed by atoms with E-state index in [1.165, 1.54) is 6.20 Å². The molecule has 1 aromatic rings. The number of rotatable bonds is 4. The van der Waals surface area contributed by atoms with Gasteiger partial charge in [-0.3, -0.25) is 0 Å². The van der Waals surface area contributed by atoms with Gasteiger partial charge in [0.2, 0.25) is 0 Å². The molecule has 1 rings (SSSR count). The highest BCUT2D eigenvalue weighted by molar-refractivity contribution is 9.10. The predicted octanol–water partition coefficient (Wildman–Crippen LogP) is 1.31. The lowest BCUT2D eigenvalue weighted by molar-refractivity contribution is 0.174. The van der Waals surface area contributed by atoms with Crippen molar-refractivity contribution in [1.29, 1.82) is 0 Å². The van der Waals surface area contributed by atoms with E-state index in [1.807, 2.05) is 0 Å². The summed E-state index contributed by atoms with van der Waals surface area (Å²) in [6.07, 6.45) is 2.10. The van der Waals surface area contributed by atoms with Gasteiger partial charge in [-0.2, -0.15) is 0 Å². The first-order valence-electron chi connectivity index (χ1n) is 4.36. The summed E-state index contributed by atoms with van der Waals surface area (Å²) in [4.78, 5) is 3.95. The molecule has 0 spiro atoms. The SMILES string of the molecule is CS(=O)(=O)CCC(O)c1ccc(Br)nc1. The minimum atomic E-state index is -3.03. The van der Waals surface area contributed by atoms with Crippen LogP contribution >= 0.6 is 15.9 Å². The second kappa shape index (κ2) is 5.05. The van der Waals surface area contributed by atoms with Crippen LogP contribution in [0, 0.1) is 0 Å². The largest absolute Gasteiger partial charge is 0.388 e. The van der Waals surface area contributed by atoms with Crippen LogP contribution in [0.5, 0.6) is 0 Å². The lowest BCUT2D eigenvalue weighted by atomic mass is 10.1. The van der Waals surface area contributed by atoms with Crippen LogP contribution in [0.15, 0.2) is 22.9 Å². The molecule has 0 aliphatic heterocycles.